The molecule has 13 aromatic rings. The molecule has 0 saturated carbocycles. The van der Waals surface area contributed by atoms with Crippen LogP contribution < -0.4 is 0 Å². The number of para-hydroxylation sites is 4. The third-order valence-corrected chi connectivity index (χ3v) is 16.9. The number of fused-ring (bicyclic) bond motifs is 12. The van der Waals surface area contributed by atoms with Gasteiger partial charge in [-0.2, -0.15) is 0 Å². The van der Waals surface area contributed by atoms with E-state index < -0.39 is 0 Å². The quantitative estimate of drug-likeness (QED) is 0.157. The van der Waals surface area contributed by atoms with Gasteiger partial charge in [0.05, 0.1) is 22.1 Å². The fourth-order valence-corrected chi connectivity index (χ4v) is 13.0. The standard InChI is InChI=1S/C72H52N2/c1-71(2)63-41-51(47-27-23-45(24-28-47)49-33-37-69-61(39-49)57-19-11-13-21-67(57)73(69)53-15-7-5-8-16-53)31-35-55(63)59-44-66-60(43-65(59)71)56-36-32-52(42-64(56)72(66,3)4)48-29-25-46(26-30-48)50-34-38-70-62(40-50)58-20-12-14-22-68(58)74(70)54-17-9-6-10-18-54/h5-44H,1-4H3. The zero-order chi connectivity index (χ0) is 49.5. The van der Waals surface area contributed by atoms with E-state index in [1.54, 1.807) is 0 Å². The van der Waals surface area contributed by atoms with Gasteiger partial charge in [0.2, 0.25) is 0 Å². The molecule has 0 spiro atoms. The number of benzene rings is 11. The van der Waals surface area contributed by atoms with Crippen molar-refractivity contribution < 1.29 is 0 Å². The Hall–Kier alpha value is -8.98. The van der Waals surface area contributed by atoms with Crippen LogP contribution in [0, 0.1) is 0 Å². The number of nitrogens with zero attached hydrogens (tertiary/aromatic N) is 2. The summed E-state index contributed by atoms with van der Waals surface area (Å²) >= 11 is 0. The zero-order valence-electron chi connectivity index (χ0n) is 42.0. The highest BCUT2D eigenvalue weighted by Crippen LogP contribution is 2.57. The van der Waals surface area contributed by atoms with Gasteiger partial charge in [0.1, 0.15) is 0 Å². The Labute approximate surface area is 432 Å². The van der Waals surface area contributed by atoms with Crippen LogP contribution in [0.2, 0.25) is 0 Å². The Morgan fingerprint density at radius 1 is 0.230 bits per heavy atom. The van der Waals surface area contributed by atoms with Crippen LogP contribution in [0.3, 0.4) is 0 Å². The van der Waals surface area contributed by atoms with E-state index in [4.69, 9.17) is 0 Å². The maximum Gasteiger partial charge on any atom is 0.0541 e. The van der Waals surface area contributed by atoms with E-state index >= 15 is 0 Å². The average Bonchev–Trinajstić information content (AvgIpc) is 4.11. The van der Waals surface area contributed by atoms with Gasteiger partial charge in [-0.15, -0.1) is 0 Å². The highest BCUT2D eigenvalue weighted by Gasteiger charge is 2.42. The van der Waals surface area contributed by atoms with Crippen molar-refractivity contribution in [3.63, 3.8) is 0 Å². The third-order valence-electron chi connectivity index (χ3n) is 16.9. The molecule has 0 radical (unpaired) electrons. The van der Waals surface area contributed by atoms with Crippen LogP contribution in [0.1, 0.15) is 49.9 Å². The van der Waals surface area contributed by atoms with Gasteiger partial charge in [-0.1, -0.05) is 185 Å². The first-order valence-electron chi connectivity index (χ1n) is 26.1. The van der Waals surface area contributed by atoms with Crippen LogP contribution in [0.15, 0.2) is 243 Å². The summed E-state index contributed by atoms with van der Waals surface area (Å²) in [4.78, 5) is 0. The lowest BCUT2D eigenvalue weighted by Gasteiger charge is -2.24. The van der Waals surface area contributed by atoms with Crippen LogP contribution in [0.25, 0.3) is 122 Å². The summed E-state index contributed by atoms with van der Waals surface area (Å²) in [5.41, 5.74) is 27.9. The highest BCUT2D eigenvalue weighted by molar-refractivity contribution is 6.11. The maximum atomic E-state index is 2.53. The Balaban J connectivity index is 0.712. The lowest BCUT2D eigenvalue weighted by Crippen LogP contribution is -2.17. The Morgan fingerprint density at radius 3 is 0.919 bits per heavy atom. The molecule has 15 rings (SSSR count). The first-order valence-corrected chi connectivity index (χ1v) is 26.1. The Morgan fingerprint density at radius 2 is 0.527 bits per heavy atom. The molecule has 0 N–H and O–H groups in total. The summed E-state index contributed by atoms with van der Waals surface area (Å²) in [6.45, 7) is 9.65. The number of rotatable bonds is 6. The molecule has 0 amide bonds. The van der Waals surface area contributed by atoms with Gasteiger partial charge in [-0.3, -0.25) is 0 Å². The number of aromatic nitrogens is 2. The second-order valence-corrected chi connectivity index (χ2v) is 21.7. The van der Waals surface area contributed by atoms with Gasteiger partial charge in [0, 0.05) is 43.7 Å². The van der Waals surface area contributed by atoms with Gasteiger partial charge in [0.25, 0.3) is 0 Å². The fourth-order valence-electron chi connectivity index (χ4n) is 13.0. The van der Waals surface area contributed by atoms with Crippen molar-refractivity contribution in [3.8, 4) is 78.1 Å². The second-order valence-electron chi connectivity index (χ2n) is 21.7. The van der Waals surface area contributed by atoms with Gasteiger partial charge >= 0.3 is 0 Å². The molecule has 0 bridgehead atoms. The number of hydrogen-bond acceptors (Lipinski definition) is 0. The first kappa shape index (κ1) is 42.7. The lowest BCUT2D eigenvalue weighted by atomic mass is 9.79. The molecule has 11 aromatic carbocycles. The van der Waals surface area contributed by atoms with Crippen molar-refractivity contribution in [1.29, 1.82) is 0 Å². The molecule has 0 unspecified atom stereocenters. The van der Waals surface area contributed by atoms with Gasteiger partial charge < -0.3 is 9.13 Å². The largest absolute Gasteiger partial charge is 0.309 e. The Bertz CT molecular complexity index is 4140. The van der Waals surface area contributed by atoms with Crippen molar-refractivity contribution >= 4 is 43.6 Å². The molecule has 0 atom stereocenters. The summed E-state index contributed by atoms with van der Waals surface area (Å²) in [5, 5.41) is 5.08. The minimum Gasteiger partial charge on any atom is -0.309 e. The molecule has 2 aliphatic rings. The second kappa shape index (κ2) is 15.8. The van der Waals surface area contributed by atoms with Crippen molar-refractivity contribution in [2.75, 3.05) is 0 Å². The summed E-state index contributed by atoms with van der Waals surface area (Å²) in [6.07, 6.45) is 0. The fraction of sp³-hybridized carbons (Fsp3) is 0.0833. The van der Waals surface area contributed by atoms with E-state index in [9.17, 15) is 0 Å². The minimum absolute atomic E-state index is 0.151. The minimum atomic E-state index is -0.151. The molecule has 2 aromatic heterocycles. The predicted octanol–water partition coefficient (Wildman–Crippen LogP) is 19.2. The monoisotopic (exact) mass is 944 g/mol. The average molecular weight is 945 g/mol. The molecular formula is C72H52N2. The normalized spacial score (nSPS) is 13.9. The molecule has 350 valence electrons. The van der Waals surface area contributed by atoms with Crippen molar-refractivity contribution in [2.45, 2.75) is 38.5 Å². The van der Waals surface area contributed by atoms with Gasteiger partial charge in [0.15, 0.2) is 0 Å². The Kier molecular flexibility index (Phi) is 9.09. The van der Waals surface area contributed by atoms with Crippen LogP contribution >= 0.6 is 0 Å². The van der Waals surface area contributed by atoms with Crippen molar-refractivity contribution in [1.82, 2.24) is 9.13 Å². The van der Waals surface area contributed by atoms with E-state index in [-0.39, 0.29) is 10.8 Å². The molecular weight excluding hydrogens is 893 g/mol. The van der Waals surface area contributed by atoms with E-state index in [1.807, 2.05) is 0 Å². The molecule has 74 heavy (non-hydrogen) atoms. The smallest absolute Gasteiger partial charge is 0.0541 e. The molecule has 0 fully saturated rings. The molecule has 2 aliphatic carbocycles. The zero-order valence-corrected chi connectivity index (χ0v) is 42.0. The lowest BCUT2D eigenvalue weighted by molar-refractivity contribution is 0.652. The third kappa shape index (κ3) is 6.24. The predicted molar refractivity (Wildman–Crippen MR) is 312 cm³/mol. The molecule has 2 nitrogen and oxygen atoms in total. The van der Waals surface area contributed by atoms with Crippen LogP contribution in [0.5, 0.6) is 0 Å². The maximum absolute atomic E-state index is 2.53. The molecule has 2 heterocycles. The van der Waals surface area contributed by atoms with Crippen LogP contribution in [-0.2, 0) is 10.8 Å². The first-order chi connectivity index (χ1) is 36.2. The van der Waals surface area contributed by atoms with Gasteiger partial charge in [-0.25, -0.2) is 0 Å². The van der Waals surface area contributed by atoms with Crippen molar-refractivity contribution in [2.24, 2.45) is 0 Å². The van der Waals surface area contributed by atoms with E-state index in [1.165, 1.54) is 144 Å². The summed E-state index contributed by atoms with van der Waals surface area (Å²) in [5.74, 6) is 0. The SMILES string of the molecule is CC1(C)c2cc(-c3ccc(-c4ccc5c(c4)c4ccccc4n5-c4ccccc4)cc3)ccc2-c2cc3c(cc21)-c1ccc(-c2ccc(-c4ccc5c(c4)c4ccccc4n5-c4ccccc4)cc2)cc1C3(C)C. The highest BCUT2D eigenvalue weighted by atomic mass is 15.0. The topological polar surface area (TPSA) is 9.86 Å². The summed E-state index contributed by atoms with van der Waals surface area (Å²) < 4.78 is 4.76. The van der Waals surface area contributed by atoms with Crippen molar-refractivity contribution in [3.05, 3.63) is 265 Å². The van der Waals surface area contributed by atoms with E-state index in [0.717, 1.165) is 0 Å². The molecule has 0 saturated heterocycles. The number of hydrogen-bond donors (Lipinski definition) is 0. The molecule has 0 aliphatic heterocycles. The summed E-state index contributed by atoms with van der Waals surface area (Å²) in [6, 6.07) is 90.5. The van der Waals surface area contributed by atoms with Gasteiger partial charge in [-0.05, 0) is 174 Å². The summed E-state index contributed by atoms with van der Waals surface area (Å²) in [7, 11) is 0. The molecule has 2 heteroatoms. The van der Waals surface area contributed by atoms with E-state index in [0.29, 0.717) is 0 Å². The van der Waals surface area contributed by atoms with Crippen LogP contribution in [0.4, 0.5) is 0 Å². The van der Waals surface area contributed by atoms with E-state index in [2.05, 4.69) is 279 Å². The van der Waals surface area contributed by atoms with Crippen LogP contribution in [-0.4, -0.2) is 9.13 Å².